The second-order valence-corrected chi connectivity index (χ2v) is 3.48. The van der Waals surface area contributed by atoms with Crippen LogP contribution >= 0.6 is 0 Å². The zero-order valence-electron chi connectivity index (χ0n) is 9.19. The topological polar surface area (TPSA) is 116 Å². The molecule has 7 heteroatoms. The van der Waals surface area contributed by atoms with E-state index in [1.807, 2.05) is 6.92 Å². The lowest BCUT2D eigenvalue weighted by atomic mass is 10.1. The van der Waals surface area contributed by atoms with Gasteiger partial charge in [0.05, 0.1) is 12.1 Å². The smallest absolute Gasteiger partial charge is 0.230 e. The largest absolute Gasteiger partial charge is 0.409 e. The van der Waals surface area contributed by atoms with E-state index in [0.29, 0.717) is 6.54 Å². The molecular formula is C9H15N5O2. The van der Waals surface area contributed by atoms with E-state index < -0.39 is 5.92 Å². The van der Waals surface area contributed by atoms with E-state index in [4.69, 9.17) is 10.9 Å². The van der Waals surface area contributed by atoms with Crippen molar-refractivity contribution in [3.05, 3.63) is 17.5 Å². The molecule has 88 valence electrons. The maximum atomic E-state index is 11.5. The summed E-state index contributed by atoms with van der Waals surface area (Å²) in [6.45, 7) is 3.79. The molecule has 1 atom stereocenters. The number of amidine groups is 1. The van der Waals surface area contributed by atoms with Crippen molar-refractivity contribution >= 4 is 11.7 Å². The first-order valence-corrected chi connectivity index (χ1v) is 4.80. The minimum Gasteiger partial charge on any atom is -0.409 e. The second-order valence-electron chi connectivity index (χ2n) is 3.48. The zero-order chi connectivity index (χ0) is 12.1. The predicted molar refractivity (Wildman–Crippen MR) is 57.7 cm³/mol. The molecule has 0 aliphatic carbocycles. The summed E-state index contributed by atoms with van der Waals surface area (Å²) in [5.74, 6) is -1.06. The van der Waals surface area contributed by atoms with Gasteiger partial charge in [0.1, 0.15) is 0 Å². The van der Waals surface area contributed by atoms with E-state index >= 15 is 0 Å². The number of amides is 1. The molecular weight excluding hydrogens is 210 g/mol. The molecule has 1 heterocycles. The van der Waals surface area contributed by atoms with E-state index in [-0.39, 0.29) is 11.7 Å². The number of hydrogen-bond donors (Lipinski definition) is 4. The number of carbonyl (C=O) groups is 1. The highest BCUT2D eigenvalue weighted by Crippen LogP contribution is 2.02. The van der Waals surface area contributed by atoms with E-state index in [9.17, 15) is 4.79 Å². The van der Waals surface area contributed by atoms with Gasteiger partial charge in [-0.2, -0.15) is 5.10 Å². The highest BCUT2D eigenvalue weighted by atomic mass is 16.4. The van der Waals surface area contributed by atoms with Crippen LogP contribution in [0.2, 0.25) is 0 Å². The molecule has 7 nitrogen and oxygen atoms in total. The van der Waals surface area contributed by atoms with Crippen molar-refractivity contribution in [2.75, 3.05) is 0 Å². The summed E-state index contributed by atoms with van der Waals surface area (Å²) >= 11 is 0. The Morgan fingerprint density at radius 2 is 2.50 bits per heavy atom. The molecule has 0 spiro atoms. The van der Waals surface area contributed by atoms with Gasteiger partial charge in [-0.15, -0.1) is 0 Å². The molecule has 0 aromatic carbocycles. The van der Waals surface area contributed by atoms with Crippen LogP contribution in [-0.2, 0) is 11.3 Å². The Hall–Kier alpha value is -2.05. The van der Waals surface area contributed by atoms with Crippen LogP contribution in [0.25, 0.3) is 0 Å². The third-order valence-electron chi connectivity index (χ3n) is 2.34. The standard InChI is InChI=1S/C9H15N5O2/c1-5(8(10)14-16)9(15)11-3-7-4-12-13-6(7)2/h4-5,16H,3H2,1-2H3,(H2,10,14)(H,11,15)(H,12,13). The Morgan fingerprint density at radius 1 is 1.81 bits per heavy atom. The van der Waals surface area contributed by atoms with Crippen LogP contribution in [0, 0.1) is 12.8 Å². The van der Waals surface area contributed by atoms with Crippen LogP contribution in [-0.4, -0.2) is 27.1 Å². The quantitative estimate of drug-likeness (QED) is 0.244. The number of aromatic amines is 1. The van der Waals surface area contributed by atoms with E-state index in [1.54, 1.807) is 13.1 Å². The summed E-state index contributed by atoms with van der Waals surface area (Å²) in [5.41, 5.74) is 7.12. The Kier molecular flexibility index (Phi) is 3.87. The third-order valence-corrected chi connectivity index (χ3v) is 2.34. The fourth-order valence-corrected chi connectivity index (χ4v) is 1.11. The summed E-state index contributed by atoms with van der Waals surface area (Å²) in [5, 5.41) is 20.5. The number of H-pyrrole nitrogens is 1. The predicted octanol–water partition coefficient (Wildman–Crippen LogP) is -0.283. The number of hydrogen-bond acceptors (Lipinski definition) is 4. The minimum atomic E-state index is -0.655. The van der Waals surface area contributed by atoms with Gasteiger partial charge in [-0.1, -0.05) is 5.16 Å². The molecule has 1 unspecified atom stereocenters. The summed E-state index contributed by atoms with van der Waals surface area (Å²) in [4.78, 5) is 11.5. The van der Waals surface area contributed by atoms with Crippen molar-refractivity contribution in [2.24, 2.45) is 16.8 Å². The number of rotatable bonds is 4. The maximum Gasteiger partial charge on any atom is 0.230 e. The van der Waals surface area contributed by atoms with Gasteiger partial charge >= 0.3 is 0 Å². The molecule has 0 aliphatic heterocycles. The average molecular weight is 225 g/mol. The SMILES string of the molecule is Cc1[nH]ncc1CNC(=O)C(C)C(N)=NO. The number of carbonyl (C=O) groups excluding carboxylic acids is 1. The van der Waals surface area contributed by atoms with Crippen LogP contribution in [0.15, 0.2) is 11.4 Å². The molecule has 1 aromatic heterocycles. The van der Waals surface area contributed by atoms with Gasteiger partial charge in [0.15, 0.2) is 5.84 Å². The average Bonchev–Trinajstić information content (AvgIpc) is 2.69. The first-order valence-electron chi connectivity index (χ1n) is 4.80. The summed E-state index contributed by atoms with van der Waals surface area (Å²) in [6, 6.07) is 0. The zero-order valence-corrected chi connectivity index (χ0v) is 9.19. The number of nitrogens with zero attached hydrogens (tertiary/aromatic N) is 2. The molecule has 0 saturated heterocycles. The lowest BCUT2D eigenvalue weighted by Gasteiger charge is -2.10. The molecule has 16 heavy (non-hydrogen) atoms. The maximum absolute atomic E-state index is 11.5. The molecule has 0 bridgehead atoms. The molecule has 1 rings (SSSR count). The van der Waals surface area contributed by atoms with Crippen LogP contribution in [0.5, 0.6) is 0 Å². The fourth-order valence-electron chi connectivity index (χ4n) is 1.11. The Balaban J connectivity index is 2.51. The Morgan fingerprint density at radius 3 is 3.00 bits per heavy atom. The van der Waals surface area contributed by atoms with Crippen LogP contribution in [0.3, 0.4) is 0 Å². The summed E-state index contributed by atoms with van der Waals surface area (Å²) in [7, 11) is 0. The van der Waals surface area contributed by atoms with Gasteiger partial charge in [0.2, 0.25) is 5.91 Å². The molecule has 0 fully saturated rings. The second kappa shape index (κ2) is 5.15. The normalized spacial score (nSPS) is 13.5. The van der Waals surface area contributed by atoms with E-state index in [0.717, 1.165) is 11.3 Å². The molecule has 0 radical (unpaired) electrons. The summed E-state index contributed by atoms with van der Waals surface area (Å²) in [6.07, 6.45) is 1.64. The van der Waals surface area contributed by atoms with Gasteiger partial charge in [-0.3, -0.25) is 9.89 Å². The van der Waals surface area contributed by atoms with Gasteiger partial charge in [-0.05, 0) is 13.8 Å². The molecule has 1 aromatic rings. The van der Waals surface area contributed by atoms with Crippen molar-refractivity contribution < 1.29 is 10.0 Å². The summed E-state index contributed by atoms with van der Waals surface area (Å²) < 4.78 is 0. The van der Waals surface area contributed by atoms with Crippen LogP contribution < -0.4 is 11.1 Å². The van der Waals surface area contributed by atoms with Crippen molar-refractivity contribution in [2.45, 2.75) is 20.4 Å². The van der Waals surface area contributed by atoms with Gasteiger partial charge in [-0.25, -0.2) is 0 Å². The van der Waals surface area contributed by atoms with Crippen LogP contribution in [0.1, 0.15) is 18.2 Å². The number of oxime groups is 1. The van der Waals surface area contributed by atoms with Crippen LogP contribution in [0.4, 0.5) is 0 Å². The number of aryl methyl sites for hydroxylation is 1. The lowest BCUT2D eigenvalue weighted by molar-refractivity contribution is -0.122. The minimum absolute atomic E-state index is 0.110. The van der Waals surface area contributed by atoms with Crippen molar-refractivity contribution in [1.82, 2.24) is 15.5 Å². The monoisotopic (exact) mass is 225 g/mol. The first-order chi connectivity index (χ1) is 7.56. The molecule has 0 aliphatic rings. The molecule has 1 amide bonds. The number of nitrogens with two attached hydrogens (primary N) is 1. The Labute approximate surface area is 92.7 Å². The van der Waals surface area contributed by atoms with Crippen molar-refractivity contribution in [3.63, 3.8) is 0 Å². The third kappa shape index (κ3) is 2.72. The molecule has 5 N–H and O–H groups in total. The highest BCUT2D eigenvalue weighted by molar-refractivity contribution is 6.01. The first kappa shape index (κ1) is 12.0. The lowest BCUT2D eigenvalue weighted by Crippen LogP contribution is -2.36. The number of nitrogens with one attached hydrogen (secondary N) is 2. The number of aromatic nitrogens is 2. The Bertz CT molecular complexity index is 398. The van der Waals surface area contributed by atoms with Gasteiger partial charge in [0.25, 0.3) is 0 Å². The van der Waals surface area contributed by atoms with Gasteiger partial charge in [0, 0.05) is 17.8 Å². The van der Waals surface area contributed by atoms with E-state index in [2.05, 4.69) is 20.7 Å². The van der Waals surface area contributed by atoms with Gasteiger partial charge < -0.3 is 16.3 Å². The molecule has 0 saturated carbocycles. The van der Waals surface area contributed by atoms with Crippen molar-refractivity contribution in [3.8, 4) is 0 Å². The fraction of sp³-hybridized carbons (Fsp3) is 0.444. The van der Waals surface area contributed by atoms with Crippen molar-refractivity contribution in [1.29, 1.82) is 0 Å². The highest BCUT2D eigenvalue weighted by Gasteiger charge is 2.17. The van der Waals surface area contributed by atoms with E-state index in [1.165, 1.54) is 0 Å².